The smallest absolute Gasteiger partial charge is 0.243 e. The normalized spacial score (nSPS) is 21.9. The van der Waals surface area contributed by atoms with Crippen molar-refractivity contribution in [2.75, 3.05) is 19.8 Å². The third kappa shape index (κ3) is 4.20. The average Bonchev–Trinajstić information content (AvgIpc) is 2.32. The molecule has 19 heavy (non-hydrogen) atoms. The van der Waals surface area contributed by atoms with Crippen LogP contribution >= 0.6 is 11.6 Å². The van der Waals surface area contributed by atoms with Crippen LogP contribution in [0.3, 0.4) is 0 Å². The molecule has 0 aliphatic heterocycles. The van der Waals surface area contributed by atoms with Gasteiger partial charge >= 0.3 is 0 Å². The van der Waals surface area contributed by atoms with E-state index in [0.29, 0.717) is 18.6 Å². The van der Waals surface area contributed by atoms with E-state index in [-0.39, 0.29) is 6.61 Å². The molecule has 5 heteroatoms. The number of rotatable bonds is 7. The van der Waals surface area contributed by atoms with Crippen LogP contribution < -0.4 is 11.1 Å². The van der Waals surface area contributed by atoms with E-state index in [2.05, 4.69) is 11.4 Å². The lowest BCUT2D eigenvalue weighted by atomic mass is 9.76. The molecule has 0 spiro atoms. The van der Waals surface area contributed by atoms with E-state index >= 15 is 0 Å². The van der Waals surface area contributed by atoms with Gasteiger partial charge in [-0.1, -0.05) is 29.8 Å². The quantitative estimate of drug-likeness (QED) is 0.748. The van der Waals surface area contributed by atoms with Crippen LogP contribution in [0.5, 0.6) is 0 Å². The molecule has 0 heterocycles. The topological polar surface area (TPSA) is 64.4 Å². The number of amides is 1. The number of ether oxygens (including phenoxy) is 1. The standard InChI is InChI=1S/C14H19ClN2O2/c15-13-4-2-1-3-12(13)10-7-11(8-10)17-5-6-19-9-14(16)18/h1-4,10-11,17H,5-9H2,(H2,16,18). The Morgan fingerprint density at radius 2 is 2.16 bits per heavy atom. The number of carbonyl (C=O) groups is 1. The van der Waals surface area contributed by atoms with Gasteiger partial charge in [0.05, 0.1) is 6.61 Å². The predicted molar refractivity (Wildman–Crippen MR) is 75.2 cm³/mol. The van der Waals surface area contributed by atoms with Crippen molar-refractivity contribution in [3.05, 3.63) is 34.9 Å². The zero-order chi connectivity index (χ0) is 13.7. The van der Waals surface area contributed by atoms with Crippen LogP contribution in [-0.4, -0.2) is 31.7 Å². The summed E-state index contributed by atoms with van der Waals surface area (Å²) < 4.78 is 5.09. The van der Waals surface area contributed by atoms with Gasteiger partial charge in [-0.15, -0.1) is 0 Å². The molecule has 2 rings (SSSR count). The molecule has 104 valence electrons. The highest BCUT2D eigenvalue weighted by Crippen LogP contribution is 2.39. The van der Waals surface area contributed by atoms with E-state index in [9.17, 15) is 4.79 Å². The second kappa shape index (κ2) is 6.89. The maximum atomic E-state index is 10.5. The lowest BCUT2D eigenvalue weighted by Gasteiger charge is -2.36. The van der Waals surface area contributed by atoms with Crippen molar-refractivity contribution in [3.63, 3.8) is 0 Å². The van der Waals surface area contributed by atoms with E-state index in [1.54, 1.807) is 0 Å². The number of nitrogens with two attached hydrogens (primary N) is 1. The number of carbonyl (C=O) groups excluding carboxylic acids is 1. The summed E-state index contributed by atoms with van der Waals surface area (Å²) in [5.74, 6) is 0.125. The van der Waals surface area contributed by atoms with E-state index in [1.165, 1.54) is 5.56 Å². The average molecular weight is 283 g/mol. The Balaban J connectivity index is 1.62. The van der Waals surface area contributed by atoms with Crippen molar-refractivity contribution in [3.8, 4) is 0 Å². The van der Waals surface area contributed by atoms with Gasteiger partial charge in [0.25, 0.3) is 0 Å². The number of halogens is 1. The first-order valence-corrected chi connectivity index (χ1v) is 6.88. The number of hydrogen-bond donors (Lipinski definition) is 2. The summed E-state index contributed by atoms with van der Waals surface area (Å²) in [7, 11) is 0. The Kier molecular flexibility index (Phi) is 5.19. The van der Waals surface area contributed by atoms with Crippen LogP contribution in [0.2, 0.25) is 5.02 Å². The highest BCUT2D eigenvalue weighted by molar-refractivity contribution is 6.31. The maximum absolute atomic E-state index is 10.5. The second-order valence-corrected chi connectivity index (χ2v) is 5.27. The SMILES string of the molecule is NC(=O)COCCNC1CC(c2ccccc2Cl)C1. The van der Waals surface area contributed by atoms with Gasteiger partial charge < -0.3 is 15.8 Å². The molecular weight excluding hydrogens is 264 g/mol. The van der Waals surface area contributed by atoms with Crippen LogP contribution in [-0.2, 0) is 9.53 Å². The maximum Gasteiger partial charge on any atom is 0.243 e. The molecule has 3 N–H and O–H groups in total. The molecule has 1 aliphatic rings. The lowest BCUT2D eigenvalue weighted by molar-refractivity contribution is -0.122. The molecule has 0 bridgehead atoms. The second-order valence-electron chi connectivity index (χ2n) is 4.86. The van der Waals surface area contributed by atoms with E-state index < -0.39 is 5.91 Å². The molecule has 1 aliphatic carbocycles. The van der Waals surface area contributed by atoms with Crippen molar-refractivity contribution < 1.29 is 9.53 Å². The number of benzene rings is 1. The molecule has 4 nitrogen and oxygen atoms in total. The zero-order valence-electron chi connectivity index (χ0n) is 10.8. The third-order valence-corrected chi connectivity index (χ3v) is 3.75. The Bertz CT molecular complexity index is 433. The van der Waals surface area contributed by atoms with E-state index in [0.717, 1.165) is 24.4 Å². The van der Waals surface area contributed by atoms with E-state index in [4.69, 9.17) is 22.1 Å². The van der Waals surface area contributed by atoms with Crippen LogP contribution in [0.25, 0.3) is 0 Å². The van der Waals surface area contributed by atoms with Crippen LogP contribution in [0.15, 0.2) is 24.3 Å². The molecule has 1 aromatic carbocycles. The van der Waals surface area contributed by atoms with Crippen LogP contribution in [0.1, 0.15) is 24.3 Å². The summed E-state index contributed by atoms with van der Waals surface area (Å²) in [5, 5.41) is 4.25. The summed E-state index contributed by atoms with van der Waals surface area (Å²) in [6, 6.07) is 8.53. The minimum atomic E-state index is -0.428. The van der Waals surface area contributed by atoms with Gasteiger partial charge in [-0.05, 0) is 30.4 Å². The fraction of sp³-hybridized carbons (Fsp3) is 0.500. The van der Waals surface area contributed by atoms with Crippen molar-refractivity contribution in [2.45, 2.75) is 24.8 Å². The fourth-order valence-corrected chi connectivity index (χ4v) is 2.64. The third-order valence-electron chi connectivity index (χ3n) is 3.41. The van der Waals surface area contributed by atoms with Gasteiger partial charge in [0.2, 0.25) is 5.91 Å². The molecule has 0 saturated heterocycles. The first kappa shape index (κ1) is 14.3. The molecule has 0 aromatic heterocycles. The molecule has 1 aromatic rings. The van der Waals surface area contributed by atoms with Crippen LogP contribution in [0, 0.1) is 0 Å². The molecule has 0 atom stereocenters. The largest absolute Gasteiger partial charge is 0.370 e. The van der Waals surface area contributed by atoms with Crippen molar-refractivity contribution in [2.24, 2.45) is 5.73 Å². The summed E-state index contributed by atoms with van der Waals surface area (Å²) in [5.41, 5.74) is 6.21. The molecule has 1 amide bonds. The Hall–Kier alpha value is -1.10. The van der Waals surface area contributed by atoms with Gasteiger partial charge in [-0.25, -0.2) is 0 Å². The van der Waals surface area contributed by atoms with Gasteiger partial charge in [0, 0.05) is 17.6 Å². The summed E-state index contributed by atoms with van der Waals surface area (Å²) in [6.45, 7) is 1.25. The summed E-state index contributed by atoms with van der Waals surface area (Å²) >= 11 is 6.17. The Labute approximate surface area is 118 Å². The lowest BCUT2D eigenvalue weighted by Crippen LogP contribution is -2.41. The number of primary amides is 1. The molecule has 0 radical (unpaired) electrons. The van der Waals surface area contributed by atoms with Gasteiger partial charge in [0.1, 0.15) is 6.61 Å². The highest BCUT2D eigenvalue weighted by Gasteiger charge is 2.30. The monoisotopic (exact) mass is 282 g/mol. The van der Waals surface area contributed by atoms with Crippen molar-refractivity contribution in [1.29, 1.82) is 0 Å². The molecule has 1 fully saturated rings. The minimum absolute atomic E-state index is 0.00536. The van der Waals surface area contributed by atoms with Gasteiger partial charge in [-0.3, -0.25) is 4.79 Å². The van der Waals surface area contributed by atoms with Gasteiger partial charge in [-0.2, -0.15) is 0 Å². The molecule has 0 unspecified atom stereocenters. The predicted octanol–water partition coefficient (Wildman–Crippen LogP) is 1.68. The number of hydrogen-bond acceptors (Lipinski definition) is 3. The zero-order valence-corrected chi connectivity index (χ0v) is 11.5. The van der Waals surface area contributed by atoms with Gasteiger partial charge in [0.15, 0.2) is 0 Å². The highest BCUT2D eigenvalue weighted by atomic mass is 35.5. The fourth-order valence-electron chi connectivity index (χ4n) is 2.35. The van der Waals surface area contributed by atoms with Crippen molar-refractivity contribution in [1.82, 2.24) is 5.32 Å². The Morgan fingerprint density at radius 1 is 1.42 bits per heavy atom. The number of nitrogens with one attached hydrogen (secondary N) is 1. The van der Waals surface area contributed by atoms with Crippen LogP contribution in [0.4, 0.5) is 0 Å². The molecular formula is C14H19ClN2O2. The first-order valence-electron chi connectivity index (χ1n) is 6.50. The minimum Gasteiger partial charge on any atom is -0.370 e. The molecule has 1 saturated carbocycles. The Morgan fingerprint density at radius 3 is 2.84 bits per heavy atom. The first-order chi connectivity index (χ1) is 9.16. The van der Waals surface area contributed by atoms with Crippen molar-refractivity contribution >= 4 is 17.5 Å². The summed E-state index contributed by atoms with van der Waals surface area (Å²) in [6.07, 6.45) is 2.19. The summed E-state index contributed by atoms with van der Waals surface area (Å²) in [4.78, 5) is 10.5. The van der Waals surface area contributed by atoms with E-state index in [1.807, 2.05) is 18.2 Å².